The Morgan fingerprint density at radius 2 is 1.88 bits per heavy atom. The highest BCUT2D eigenvalue weighted by Crippen LogP contribution is 2.20. The number of nitrogen functional groups attached to an aromatic ring is 1. The summed E-state index contributed by atoms with van der Waals surface area (Å²) in [6, 6.07) is 15.0. The van der Waals surface area contributed by atoms with E-state index in [-0.39, 0.29) is 5.57 Å². The van der Waals surface area contributed by atoms with E-state index in [1.807, 2.05) is 49.4 Å². The number of benzene rings is 2. The summed E-state index contributed by atoms with van der Waals surface area (Å²) in [6.45, 7) is 6.15. The third kappa shape index (κ3) is 4.85. The number of nitrogens with zero attached hydrogens (tertiary/aromatic N) is 1. The smallest absolute Gasteiger partial charge is 0.267 e. The zero-order chi connectivity index (χ0) is 18.4. The molecule has 0 aromatic heterocycles. The minimum atomic E-state index is -0.474. The van der Waals surface area contributed by atoms with Crippen molar-refractivity contribution >= 4 is 23.0 Å². The van der Waals surface area contributed by atoms with Crippen molar-refractivity contribution in [3.8, 4) is 6.07 Å². The van der Waals surface area contributed by atoms with Crippen molar-refractivity contribution in [2.24, 2.45) is 0 Å². The number of nitrogens with two attached hydrogens (primary N) is 1. The molecule has 0 aliphatic heterocycles. The molecule has 0 aliphatic carbocycles. The van der Waals surface area contributed by atoms with Gasteiger partial charge in [0.2, 0.25) is 0 Å². The van der Waals surface area contributed by atoms with Crippen molar-refractivity contribution in [3.05, 3.63) is 65.4 Å². The molecule has 25 heavy (non-hydrogen) atoms. The van der Waals surface area contributed by atoms with Gasteiger partial charge in [0.1, 0.15) is 11.6 Å². The van der Waals surface area contributed by atoms with Gasteiger partial charge in [-0.1, -0.05) is 32.0 Å². The van der Waals surface area contributed by atoms with Crippen LogP contribution in [0, 0.1) is 18.3 Å². The third-order valence-electron chi connectivity index (χ3n) is 3.78. The first kappa shape index (κ1) is 18.1. The predicted molar refractivity (Wildman–Crippen MR) is 102 cm³/mol. The molecule has 0 aliphatic rings. The number of aryl methyl sites for hydroxylation is 1. The third-order valence-corrected chi connectivity index (χ3v) is 3.78. The summed E-state index contributed by atoms with van der Waals surface area (Å²) in [6.07, 6.45) is 1.36. The molecule has 0 saturated heterocycles. The van der Waals surface area contributed by atoms with Crippen molar-refractivity contribution < 1.29 is 4.79 Å². The lowest BCUT2D eigenvalue weighted by Crippen LogP contribution is -2.14. The summed E-state index contributed by atoms with van der Waals surface area (Å²) < 4.78 is 0. The highest BCUT2D eigenvalue weighted by Gasteiger charge is 2.10. The molecule has 128 valence electrons. The molecule has 5 nitrogen and oxygen atoms in total. The van der Waals surface area contributed by atoms with E-state index in [4.69, 9.17) is 5.73 Å². The largest absolute Gasteiger partial charge is 0.397 e. The molecule has 1 amide bonds. The molecule has 2 rings (SSSR count). The van der Waals surface area contributed by atoms with Crippen LogP contribution in [0.2, 0.25) is 0 Å². The van der Waals surface area contributed by atoms with Crippen LogP contribution in [0.25, 0.3) is 0 Å². The van der Waals surface area contributed by atoms with Crippen LogP contribution >= 0.6 is 0 Å². The highest BCUT2D eigenvalue weighted by molar-refractivity contribution is 6.06. The number of carbonyl (C=O) groups is 1. The maximum atomic E-state index is 12.2. The number of nitrogens with one attached hydrogen (secondary N) is 2. The van der Waals surface area contributed by atoms with E-state index < -0.39 is 5.91 Å². The first-order valence-electron chi connectivity index (χ1n) is 8.05. The van der Waals surface area contributed by atoms with Crippen LogP contribution in [0.5, 0.6) is 0 Å². The Morgan fingerprint density at radius 1 is 1.20 bits per heavy atom. The fourth-order valence-corrected chi connectivity index (χ4v) is 2.26. The molecule has 0 fully saturated rings. The summed E-state index contributed by atoms with van der Waals surface area (Å²) in [5, 5.41) is 14.9. The minimum absolute atomic E-state index is 0.0343. The normalized spacial score (nSPS) is 11.1. The van der Waals surface area contributed by atoms with Gasteiger partial charge in [0.15, 0.2) is 0 Å². The van der Waals surface area contributed by atoms with Gasteiger partial charge in [-0.15, -0.1) is 0 Å². The fraction of sp³-hybridized carbons (Fsp3) is 0.200. The second-order valence-corrected chi connectivity index (χ2v) is 6.14. The van der Waals surface area contributed by atoms with Gasteiger partial charge in [0.25, 0.3) is 5.91 Å². The van der Waals surface area contributed by atoms with Gasteiger partial charge in [-0.25, -0.2) is 0 Å². The summed E-state index contributed by atoms with van der Waals surface area (Å²) in [7, 11) is 0. The molecule has 2 aromatic rings. The number of hydrogen-bond donors (Lipinski definition) is 3. The van der Waals surface area contributed by atoms with E-state index in [2.05, 4.69) is 24.5 Å². The number of rotatable bonds is 5. The summed E-state index contributed by atoms with van der Waals surface area (Å²) in [4.78, 5) is 12.2. The van der Waals surface area contributed by atoms with Crippen molar-refractivity contribution in [1.29, 1.82) is 5.26 Å². The number of anilines is 3. The lowest BCUT2D eigenvalue weighted by Gasteiger charge is -2.09. The van der Waals surface area contributed by atoms with Gasteiger partial charge in [-0.05, 0) is 48.2 Å². The van der Waals surface area contributed by atoms with E-state index in [0.717, 1.165) is 5.56 Å². The topological polar surface area (TPSA) is 90.9 Å². The zero-order valence-corrected chi connectivity index (χ0v) is 14.6. The monoisotopic (exact) mass is 334 g/mol. The summed E-state index contributed by atoms with van der Waals surface area (Å²) in [5.41, 5.74) is 9.94. The number of hydrogen-bond acceptors (Lipinski definition) is 4. The predicted octanol–water partition coefficient (Wildman–Crippen LogP) is 4.16. The van der Waals surface area contributed by atoms with E-state index in [1.54, 1.807) is 6.07 Å². The first-order valence-corrected chi connectivity index (χ1v) is 8.05. The molecule has 5 heteroatoms. The van der Waals surface area contributed by atoms with E-state index >= 15 is 0 Å². The van der Waals surface area contributed by atoms with Crippen molar-refractivity contribution in [3.63, 3.8) is 0 Å². The Balaban J connectivity index is 2.08. The minimum Gasteiger partial charge on any atom is -0.397 e. The van der Waals surface area contributed by atoms with Gasteiger partial charge in [-0.3, -0.25) is 4.79 Å². The van der Waals surface area contributed by atoms with E-state index in [1.165, 1.54) is 11.8 Å². The van der Waals surface area contributed by atoms with Gasteiger partial charge in [0.05, 0.1) is 11.4 Å². The number of amides is 1. The maximum absolute atomic E-state index is 12.2. The standard InChI is InChI=1S/C20H22N4O/c1-13(2)15-5-7-17(8-6-15)24-20(25)16(11-21)12-23-19-9-4-14(3)10-18(19)22/h4-10,12-13,23H,22H2,1-3H3,(H,24,25)/b16-12-. The number of carbonyl (C=O) groups excluding carboxylic acids is 1. The Kier molecular flexibility index (Phi) is 5.80. The zero-order valence-electron chi connectivity index (χ0n) is 14.6. The van der Waals surface area contributed by atoms with Crippen LogP contribution < -0.4 is 16.4 Å². The second-order valence-electron chi connectivity index (χ2n) is 6.14. The Bertz CT molecular complexity index is 830. The van der Waals surface area contributed by atoms with Crippen LogP contribution in [0.15, 0.2) is 54.2 Å². The van der Waals surface area contributed by atoms with Crippen LogP contribution in [-0.4, -0.2) is 5.91 Å². The van der Waals surface area contributed by atoms with E-state index in [0.29, 0.717) is 23.0 Å². The van der Waals surface area contributed by atoms with Gasteiger partial charge in [-0.2, -0.15) is 5.26 Å². The molecule has 0 radical (unpaired) electrons. The Morgan fingerprint density at radius 3 is 2.44 bits per heavy atom. The van der Waals surface area contributed by atoms with Crippen molar-refractivity contribution in [2.75, 3.05) is 16.4 Å². The fourth-order valence-electron chi connectivity index (χ4n) is 2.26. The molecule has 0 atom stereocenters. The molecule has 0 bridgehead atoms. The molecule has 4 N–H and O–H groups in total. The lowest BCUT2D eigenvalue weighted by atomic mass is 10.0. The van der Waals surface area contributed by atoms with Crippen LogP contribution in [0.4, 0.5) is 17.1 Å². The molecule has 0 heterocycles. The van der Waals surface area contributed by atoms with Crippen LogP contribution in [-0.2, 0) is 4.79 Å². The average molecular weight is 334 g/mol. The van der Waals surface area contributed by atoms with Crippen LogP contribution in [0.1, 0.15) is 30.9 Å². The van der Waals surface area contributed by atoms with Gasteiger partial charge >= 0.3 is 0 Å². The molecule has 0 spiro atoms. The quantitative estimate of drug-likeness (QED) is 0.435. The molecule has 2 aromatic carbocycles. The van der Waals surface area contributed by atoms with Crippen molar-refractivity contribution in [1.82, 2.24) is 0 Å². The maximum Gasteiger partial charge on any atom is 0.267 e. The van der Waals surface area contributed by atoms with Crippen molar-refractivity contribution in [2.45, 2.75) is 26.7 Å². The number of nitriles is 1. The SMILES string of the molecule is Cc1ccc(N/C=C(/C#N)C(=O)Nc2ccc(C(C)C)cc2)c(N)c1. The summed E-state index contributed by atoms with van der Waals surface area (Å²) in [5.74, 6) is -0.0542. The van der Waals surface area contributed by atoms with Crippen LogP contribution in [0.3, 0.4) is 0 Å². The summed E-state index contributed by atoms with van der Waals surface area (Å²) >= 11 is 0. The average Bonchev–Trinajstić information content (AvgIpc) is 2.57. The Labute approximate surface area is 148 Å². The van der Waals surface area contributed by atoms with E-state index in [9.17, 15) is 10.1 Å². The lowest BCUT2D eigenvalue weighted by molar-refractivity contribution is -0.112. The molecule has 0 unspecified atom stereocenters. The second kappa shape index (κ2) is 8.02. The molecular weight excluding hydrogens is 312 g/mol. The molecule has 0 saturated carbocycles. The highest BCUT2D eigenvalue weighted by atomic mass is 16.1. The molecular formula is C20H22N4O. The Hall–Kier alpha value is -3.26. The first-order chi connectivity index (χ1) is 11.9. The van der Waals surface area contributed by atoms with Gasteiger partial charge in [0, 0.05) is 11.9 Å². The van der Waals surface area contributed by atoms with Gasteiger partial charge < -0.3 is 16.4 Å².